The maximum atomic E-state index is 12.5. The zero-order valence-electron chi connectivity index (χ0n) is 7.61. The van der Waals surface area contributed by atoms with Gasteiger partial charge in [-0.2, -0.15) is 18.4 Å². The van der Waals surface area contributed by atoms with Gasteiger partial charge in [-0.1, -0.05) is 22.0 Å². The minimum absolute atomic E-state index is 0.333. The first kappa shape index (κ1) is 12.1. The average Bonchev–Trinajstić information content (AvgIpc) is 2.17. The minimum atomic E-state index is -4.46. The van der Waals surface area contributed by atoms with E-state index in [9.17, 15) is 13.2 Å². The summed E-state index contributed by atoms with van der Waals surface area (Å²) in [6.45, 7) is 0. The van der Waals surface area contributed by atoms with Gasteiger partial charge in [0.25, 0.3) is 0 Å². The van der Waals surface area contributed by atoms with Gasteiger partial charge in [0.2, 0.25) is 0 Å². The molecule has 0 amide bonds. The van der Waals surface area contributed by atoms with Crippen molar-refractivity contribution in [2.24, 2.45) is 0 Å². The summed E-state index contributed by atoms with van der Waals surface area (Å²) in [6, 6.07) is 5.31. The van der Waals surface area contributed by atoms with Gasteiger partial charge >= 0.3 is 6.18 Å². The fraction of sp³-hybridized carbons (Fsp3) is 0.300. The van der Waals surface area contributed by atoms with E-state index in [1.165, 1.54) is 18.2 Å². The maximum absolute atomic E-state index is 12.5. The summed E-state index contributed by atoms with van der Waals surface area (Å²) in [4.78, 5) is 0. The minimum Gasteiger partial charge on any atom is -0.192 e. The molecule has 1 nitrogen and oxygen atoms in total. The predicted octanol–water partition coefficient (Wildman–Crippen LogP) is 3.51. The van der Waals surface area contributed by atoms with Gasteiger partial charge in [0.15, 0.2) is 0 Å². The number of alkyl halides is 4. The number of rotatable bonds is 2. The Morgan fingerprint density at radius 3 is 2.47 bits per heavy atom. The van der Waals surface area contributed by atoms with Gasteiger partial charge in [-0.15, -0.1) is 0 Å². The predicted molar refractivity (Wildman–Crippen MR) is 53.7 cm³/mol. The second-order valence-corrected chi connectivity index (χ2v) is 3.72. The summed E-state index contributed by atoms with van der Waals surface area (Å²) in [5, 5.41) is 9.14. The van der Waals surface area contributed by atoms with Crippen molar-refractivity contribution in [1.82, 2.24) is 0 Å². The van der Waals surface area contributed by atoms with E-state index in [-0.39, 0.29) is 5.56 Å². The molecule has 1 aromatic rings. The van der Waals surface area contributed by atoms with Crippen LogP contribution in [0.3, 0.4) is 0 Å². The lowest BCUT2D eigenvalue weighted by atomic mass is 10.0. The van der Waals surface area contributed by atoms with Crippen molar-refractivity contribution < 1.29 is 13.2 Å². The van der Waals surface area contributed by atoms with E-state index in [2.05, 4.69) is 15.9 Å². The van der Waals surface area contributed by atoms with Crippen LogP contribution >= 0.6 is 15.9 Å². The number of benzene rings is 1. The van der Waals surface area contributed by atoms with Crippen LogP contribution in [0.5, 0.6) is 0 Å². The third kappa shape index (κ3) is 2.96. The van der Waals surface area contributed by atoms with E-state index in [0.717, 1.165) is 6.07 Å². The molecule has 1 aromatic carbocycles. The maximum Gasteiger partial charge on any atom is 0.417 e. The first-order chi connectivity index (χ1) is 6.99. The molecular weight excluding hydrogens is 271 g/mol. The molecule has 1 rings (SSSR count). The van der Waals surface area contributed by atoms with E-state index in [1.54, 1.807) is 0 Å². The van der Waals surface area contributed by atoms with E-state index < -0.39 is 11.7 Å². The molecular formula is C10H7BrF3N. The van der Waals surface area contributed by atoms with Crippen molar-refractivity contribution in [2.75, 3.05) is 5.33 Å². The second-order valence-electron chi connectivity index (χ2n) is 2.93. The first-order valence-electron chi connectivity index (χ1n) is 4.15. The van der Waals surface area contributed by atoms with Crippen LogP contribution in [-0.4, -0.2) is 5.33 Å². The second kappa shape index (κ2) is 4.67. The van der Waals surface area contributed by atoms with E-state index in [4.69, 9.17) is 5.26 Å². The fourth-order valence-corrected chi connectivity index (χ4v) is 1.65. The molecule has 0 N–H and O–H groups in total. The first-order valence-corrected chi connectivity index (χ1v) is 5.27. The lowest BCUT2D eigenvalue weighted by molar-refractivity contribution is -0.137. The SMILES string of the molecule is N#Cc1ccc(CCBr)cc1C(F)(F)F. The van der Waals surface area contributed by atoms with Crippen LogP contribution in [0.4, 0.5) is 13.2 Å². The largest absolute Gasteiger partial charge is 0.417 e. The number of nitrogens with zero attached hydrogens (tertiary/aromatic N) is 1. The van der Waals surface area contributed by atoms with Crippen LogP contribution in [0, 0.1) is 11.3 Å². The zero-order valence-corrected chi connectivity index (χ0v) is 9.19. The molecule has 0 atom stereocenters. The summed E-state index contributed by atoms with van der Waals surface area (Å²) >= 11 is 3.15. The van der Waals surface area contributed by atoms with E-state index >= 15 is 0 Å². The Morgan fingerprint density at radius 1 is 1.33 bits per heavy atom. The van der Waals surface area contributed by atoms with Gasteiger partial charge in [-0.3, -0.25) is 0 Å². The Bertz CT molecular complexity index is 393. The van der Waals surface area contributed by atoms with Gasteiger partial charge in [-0.05, 0) is 24.1 Å². The number of nitriles is 1. The molecule has 15 heavy (non-hydrogen) atoms. The van der Waals surface area contributed by atoms with Crippen molar-refractivity contribution in [1.29, 1.82) is 5.26 Å². The third-order valence-corrected chi connectivity index (χ3v) is 2.29. The number of hydrogen-bond donors (Lipinski definition) is 0. The molecule has 0 heterocycles. The Kier molecular flexibility index (Phi) is 3.75. The van der Waals surface area contributed by atoms with Gasteiger partial charge in [0, 0.05) is 5.33 Å². The summed E-state index contributed by atoms with van der Waals surface area (Å²) in [6.07, 6.45) is -3.96. The fourth-order valence-electron chi connectivity index (χ4n) is 1.19. The lowest BCUT2D eigenvalue weighted by Crippen LogP contribution is -2.08. The third-order valence-electron chi connectivity index (χ3n) is 1.89. The van der Waals surface area contributed by atoms with Crippen LogP contribution in [0.2, 0.25) is 0 Å². The highest BCUT2D eigenvalue weighted by molar-refractivity contribution is 9.09. The van der Waals surface area contributed by atoms with Crippen molar-refractivity contribution in [3.63, 3.8) is 0 Å². The number of halogens is 4. The Morgan fingerprint density at radius 2 is 2.00 bits per heavy atom. The molecule has 80 valence electrons. The van der Waals surface area contributed by atoms with E-state index in [0.29, 0.717) is 17.3 Å². The molecule has 0 unspecified atom stereocenters. The summed E-state index contributed by atoms with van der Waals surface area (Å²) in [5.41, 5.74) is -0.623. The van der Waals surface area contributed by atoms with Crippen LogP contribution in [0.25, 0.3) is 0 Å². The molecule has 0 spiro atoms. The average molecular weight is 278 g/mol. The molecule has 0 saturated heterocycles. The Balaban J connectivity index is 3.21. The summed E-state index contributed by atoms with van der Waals surface area (Å²) in [5.74, 6) is 0. The highest BCUT2D eigenvalue weighted by Gasteiger charge is 2.33. The van der Waals surface area contributed by atoms with Gasteiger partial charge in [0.05, 0.1) is 17.2 Å². The summed E-state index contributed by atoms with van der Waals surface area (Å²) in [7, 11) is 0. The van der Waals surface area contributed by atoms with Crippen LogP contribution in [0.1, 0.15) is 16.7 Å². The lowest BCUT2D eigenvalue weighted by Gasteiger charge is -2.10. The molecule has 0 aliphatic carbocycles. The standard InChI is InChI=1S/C10H7BrF3N/c11-4-3-7-1-2-8(6-15)9(5-7)10(12,13)14/h1-2,5H,3-4H2. The van der Waals surface area contributed by atoms with Gasteiger partial charge < -0.3 is 0 Å². The van der Waals surface area contributed by atoms with Crippen LogP contribution in [-0.2, 0) is 12.6 Å². The zero-order chi connectivity index (χ0) is 11.5. The van der Waals surface area contributed by atoms with E-state index in [1.807, 2.05) is 0 Å². The topological polar surface area (TPSA) is 23.8 Å². The Labute approximate surface area is 93.6 Å². The molecule has 0 fully saturated rings. The molecule has 0 saturated carbocycles. The van der Waals surface area contributed by atoms with Crippen molar-refractivity contribution in [2.45, 2.75) is 12.6 Å². The molecule has 0 aliphatic rings. The smallest absolute Gasteiger partial charge is 0.192 e. The molecule has 0 bridgehead atoms. The van der Waals surface area contributed by atoms with Gasteiger partial charge in [-0.25, -0.2) is 0 Å². The highest BCUT2D eigenvalue weighted by Crippen LogP contribution is 2.32. The van der Waals surface area contributed by atoms with Crippen molar-refractivity contribution >= 4 is 15.9 Å². The molecule has 0 aromatic heterocycles. The van der Waals surface area contributed by atoms with Crippen LogP contribution < -0.4 is 0 Å². The normalized spacial score (nSPS) is 11.1. The molecule has 0 radical (unpaired) electrons. The molecule has 0 aliphatic heterocycles. The number of hydrogen-bond acceptors (Lipinski definition) is 1. The van der Waals surface area contributed by atoms with Crippen molar-refractivity contribution in [3.05, 3.63) is 34.9 Å². The number of aryl methyl sites for hydroxylation is 1. The monoisotopic (exact) mass is 277 g/mol. The Hall–Kier alpha value is -1.02. The van der Waals surface area contributed by atoms with Crippen LogP contribution in [0.15, 0.2) is 18.2 Å². The van der Waals surface area contributed by atoms with Gasteiger partial charge in [0.1, 0.15) is 0 Å². The molecule has 5 heteroatoms. The highest BCUT2D eigenvalue weighted by atomic mass is 79.9. The quantitative estimate of drug-likeness (QED) is 0.759. The van der Waals surface area contributed by atoms with Crippen molar-refractivity contribution in [3.8, 4) is 6.07 Å². The summed E-state index contributed by atoms with van der Waals surface area (Å²) < 4.78 is 37.5.